The van der Waals surface area contributed by atoms with E-state index in [1.54, 1.807) is 0 Å². The lowest BCUT2D eigenvalue weighted by molar-refractivity contribution is -0.0885. The summed E-state index contributed by atoms with van der Waals surface area (Å²) in [5, 5.41) is 11.4. The van der Waals surface area contributed by atoms with E-state index in [1.165, 1.54) is 0 Å². The smallest absolute Gasteiger partial charge is 0.126 e. The summed E-state index contributed by atoms with van der Waals surface area (Å²) >= 11 is 0. The zero-order valence-corrected chi connectivity index (χ0v) is 16.0. The molecular formula is C19H31O2P. The normalized spacial score (nSPS) is 34.4. The molecule has 22 heavy (non-hydrogen) atoms. The van der Waals surface area contributed by atoms with Gasteiger partial charge in [0, 0.05) is 15.6 Å². The Morgan fingerprint density at radius 3 is 1.73 bits per heavy atom. The maximum Gasteiger partial charge on any atom is 0.126 e. The number of hydrogen-bond acceptors (Lipinski definition) is 2. The van der Waals surface area contributed by atoms with Gasteiger partial charge in [-0.05, 0) is 18.3 Å². The summed E-state index contributed by atoms with van der Waals surface area (Å²) in [6.07, 6.45) is 1.14. The van der Waals surface area contributed by atoms with Gasteiger partial charge in [0.05, 0.1) is 5.60 Å². The Kier molecular flexibility index (Phi) is 4.00. The minimum absolute atomic E-state index is 0.233. The van der Waals surface area contributed by atoms with E-state index >= 15 is 0 Å². The van der Waals surface area contributed by atoms with Crippen molar-refractivity contribution in [1.29, 1.82) is 0 Å². The molecule has 0 atom stereocenters. The van der Waals surface area contributed by atoms with E-state index in [0.29, 0.717) is 12.8 Å². The van der Waals surface area contributed by atoms with Crippen molar-refractivity contribution >= 4 is 12.4 Å². The van der Waals surface area contributed by atoms with Crippen molar-refractivity contribution < 1.29 is 9.67 Å². The lowest BCUT2D eigenvalue weighted by atomic mass is 9.67. The van der Waals surface area contributed by atoms with Crippen molar-refractivity contribution in [3.05, 3.63) is 30.3 Å². The van der Waals surface area contributed by atoms with Gasteiger partial charge in [-0.2, -0.15) is 0 Å². The van der Waals surface area contributed by atoms with Crippen LogP contribution in [0.25, 0.3) is 0 Å². The molecule has 1 aromatic rings. The lowest BCUT2D eigenvalue weighted by Gasteiger charge is -2.58. The van der Waals surface area contributed by atoms with E-state index in [4.69, 9.17) is 0 Å². The zero-order chi connectivity index (χ0) is 17.0. The van der Waals surface area contributed by atoms with E-state index in [2.05, 4.69) is 48.5 Å². The molecular weight excluding hydrogens is 291 g/mol. The third-order valence-corrected chi connectivity index (χ3v) is 10.4. The summed E-state index contributed by atoms with van der Waals surface area (Å²) in [5.41, 5.74) is -1.04. The number of aliphatic hydroxyl groups is 1. The zero-order valence-electron chi connectivity index (χ0n) is 15.1. The van der Waals surface area contributed by atoms with Gasteiger partial charge in [0.15, 0.2) is 0 Å². The van der Waals surface area contributed by atoms with Gasteiger partial charge in [-0.15, -0.1) is 0 Å². The molecule has 1 saturated heterocycles. The SMILES string of the molecule is CC(C)(C)C1(O)CC(C)(C)P(=O)(c2ccccc2)C(C)(C)C1. The average molecular weight is 322 g/mol. The Morgan fingerprint density at radius 1 is 0.955 bits per heavy atom. The maximum absolute atomic E-state index is 14.2. The first-order valence-corrected chi connectivity index (χ1v) is 9.86. The molecule has 0 saturated carbocycles. The molecule has 2 rings (SSSR count). The first-order valence-electron chi connectivity index (χ1n) is 8.15. The third-order valence-electron chi connectivity index (χ3n) is 5.67. The molecule has 0 aromatic heterocycles. The minimum atomic E-state index is -2.68. The van der Waals surface area contributed by atoms with Gasteiger partial charge in [0.1, 0.15) is 7.14 Å². The first kappa shape index (κ1) is 17.8. The predicted octanol–water partition coefficient (Wildman–Crippen LogP) is 4.80. The molecule has 2 nitrogen and oxygen atoms in total. The molecule has 0 aliphatic carbocycles. The monoisotopic (exact) mass is 322 g/mol. The standard InChI is InChI=1S/C19H31O2P/c1-16(2,3)19(20)13-17(4,5)22(21,18(6,7)14-19)15-11-9-8-10-12-15/h8-12,20H,13-14H2,1-7H3. The van der Waals surface area contributed by atoms with Gasteiger partial charge in [0.2, 0.25) is 0 Å². The van der Waals surface area contributed by atoms with Gasteiger partial charge in [-0.1, -0.05) is 78.8 Å². The van der Waals surface area contributed by atoms with Gasteiger partial charge in [-0.3, -0.25) is 0 Å². The highest BCUT2D eigenvalue weighted by atomic mass is 31.2. The molecule has 1 aliphatic heterocycles. The largest absolute Gasteiger partial charge is 0.389 e. The van der Waals surface area contributed by atoms with E-state index in [9.17, 15) is 9.67 Å². The average Bonchev–Trinajstić information content (AvgIpc) is 2.34. The Labute approximate surface area is 135 Å². The van der Waals surface area contributed by atoms with E-state index in [0.717, 1.165) is 5.30 Å². The van der Waals surface area contributed by atoms with Crippen LogP contribution in [0.1, 0.15) is 61.3 Å². The molecule has 1 aliphatic rings. The highest BCUT2D eigenvalue weighted by Crippen LogP contribution is 2.74. The Morgan fingerprint density at radius 2 is 1.36 bits per heavy atom. The molecule has 1 heterocycles. The molecule has 0 amide bonds. The van der Waals surface area contributed by atoms with Crippen molar-refractivity contribution in [2.75, 3.05) is 0 Å². The number of benzene rings is 1. The van der Waals surface area contributed by atoms with Crippen LogP contribution in [0.4, 0.5) is 0 Å². The summed E-state index contributed by atoms with van der Waals surface area (Å²) in [5.74, 6) is 0. The molecule has 3 heteroatoms. The topological polar surface area (TPSA) is 37.3 Å². The van der Waals surface area contributed by atoms with Gasteiger partial charge in [-0.25, -0.2) is 0 Å². The van der Waals surface area contributed by atoms with E-state index in [1.807, 2.05) is 30.3 Å². The molecule has 0 unspecified atom stereocenters. The summed E-state index contributed by atoms with van der Waals surface area (Å²) in [6, 6.07) is 9.87. The van der Waals surface area contributed by atoms with Crippen LogP contribution in [0, 0.1) is 5.41 Å². The first-order chi connectivity index (χ1) is 9.77. The van der Waals surface area contributed by atoms with Crippen molar-refractivity contribution in [2.24, 2.45) is 5.41 Å². The molecule has 0 radical (unpaired) electrons. The van der Waals surface area contributed by atoms with Crippen molar-refractivity contribution in [3.8, 4) is 0 Å². The Hall–Kier alpha value is -0.590. The number of rotatable bonds is 1. The van der Waals surface area contributed by atoms with Gasteiger partial charge < -0.3 is 9.67 Å². The molecule has 124 valence electrons. The minimum Gasteiger partial charge on any atom is -0.389 e. The molecule has 1 aromatic carbocycles. The van der Waals surface area contributed by atoms with Crippen molar-refractivity contribution in [3.63, 3.8) is 0 Å². The van der Waals surface area contributed by atoms with Crippen LogP contribution in [0.5, 0.6) is 0 Å². The quantitative estimate of drug-likeness (QED) is 0.754. The summed E-state index contributed by atoms with van der Waals surface area (Å²) in [4.78, 5) is 0. The summed E-state index contributed by atoms with van der Waals surface area (Å²) in [6.45, 7) is 14.5. The van der Waals surface area contributed by atoms with Crippen molar-refractivity contribution in [1.82, 2.24) is 0 Å². The molecule has 0 spiro atoms. The predicted molar refractivity (Wildman–Crippen MR) is 95.5 cm³/mol. The van der Waals surface area contributed by atoms with Crippen LogP contribution in [0.2, 0.25) is 0 Å². The molecule has 1 fully saturated rings. The summed E-state index contributed by atoms with van der Waals surface area (Å²) in [7, 11) is -2.68. The highest BCUT2D eigenvalue weighted by Gasteiger charge is 2.63. The fourth-order valence-corrected chi connectivity index (χ4v) is 9.00. The van der Waals surface area contributed by atoms with Gasteiger partial charge >= 0.3 is 0 Å². The highest BCUT2D eigenvalue weighted by molar-refractivity contribution is 7.74. The van der Waals surface area contributed by atoms with Gasteiger partial charge in [0.25, 0.3) is 0 Å². The van der Waals surface area contributed by atoms with Crippen LogP contribution in [0.15, 0.2) is 30.3 Å². The van der Waals surface area contributed by atoms with Crippen LogP contribution in [-0.4, -0.2) is 21.0 Å². The fraction of sp³-hybridized carbons (Fsp3) is 0.684. The maximum atomic E-state index is 14.2. The fourth-order valence-electron chi connectivity index (χ4n) is 4.40. The van der Waals surface area contributed by atoms with Crippen LogP contribution in [-0.2, 0) is 4.57 Å². The van der Waals surface area contributed by atoms with Crippen molar-refractivity contribution in [2.45, 2.75) is 77.2 Å². The third kappa shape index (κ3) is 2.39. The second kappa shape index (κ2) is 4.95. The summed E-state index contributed by atoms with van der Waals surface area (Å²) < 4.78 is 14.2. The second-order valence-corrected chi connectivity index (χ2v) is 13.4. The van der Waals surface area contributed by atoms with E-state index in [-0.39, 0.29) is 5.41 Å². The van der Waals surface area contributed by atoms with Crippen LogP contribution >= 0.6 is 7.14 Å². The number of hydrogen-bond donors (Lipinski definition) is 1. The molecule has 0 bridgehead atoms. The van der Waals surface area contributed by atoms with E-state index < -0.39 is 23.1 Å². The Bertz CT molecular complexity index is 572. The lowest BCUT2D eigenvalue weighted by Crippen LogP contribution is -2.58. The van der Waals surface area contributed by atoms with Crippen LogP contribution in [0.3, 0.4) is 0 Å². The molecule has 1 N–H and O–H groups in total. The van der Waals surface area contributed by atoms with Crippen LogP contribution < -0.4 is 5.30 Å². The Balaban J connectivity index is 2.63. The second-order valence-electron chi connectivity index (χ2n) is 9.20.